The molecule has 1 aliphatic heterocycles. The Morgan fingerprint density at radius 3 is 2.50 bits per heavy atom. The van der Waals surface area contributed by atoms with Gasteiger partial charge < -0.3 is 9.64 Å². The van der Waals surface area contributed by atoms with E-state index in [1.807, 2.05) is 0 Å². The SMILES string of the molecule is CC(=O)c1ccc(C(=O)N2CCC(Oc3cccc(F)c3)CC2)s1. The van der Waals surface area contributed by atoms with E-state index in [0.717, 1.165) is 0 Å². The van der Waals surface area contributed by atoms with Gasteiger partial charge in [0.25, 0.3) is 5.91 Å². The molecule has 1 aliphatic rings. The zero-order valence-corrected chi connectivity index (χ0v) is 14.1. The van der Waals surface area contributed by atoms with Crippen LogP contribution in [0.15, 0.2) is 36.4 Å². The highest BCUT2D eigenvalue weighted by molar-refractivity contribution is 7.15. The predicted octanol–water partition coefficient (Wildman–Crippen LogP) is 3.77. The Kier molecular flexibility index (Phi) is 4.94. The fourth-order valence-electron chi connectivity index (χ4n) is 2.71. The number of rotatable bonds is 4. The highest BCUT2D eigenvalue weighted by atomic mass is 32.1. The molecule has 1 amide bonds. The van der Waals surface area contributed by atoms with Crippen LogP contribution in [0.2, 0.25) is 0 Å². The highest BCUT2D eigenvalue weighted by Crippen LogP contribution is 2.23. The second-order valence-corrected chi connectivity index (χ2v) is 6.87. The van der Waals surface area contributed by atoms with Crippen molar-refractivity contribution in [1.82, 2.24) is 4.90 Å². The molecule has 6 heteroatoms. The van der Waals surface area contributed by atoms with Crippen molar-refractivity contribution in [2.24, 2.45) is 0 Å². The number of likely N-dealkylation sites (tertiary alicyclic amines) is 1. The largest absolute Gasteiger partial charge is 0.490 e. The summed E-state index contributed by atoms with van der Waals surface area (Å²) in [5.41, 5.74) is 0. The first-order valence-electron chi connectivity index (χ1n) is 7.85. The Labute approximate surface area is 143 Å². The molecule has 0 saturated carbocycles. The van der Waals surface area contributed by atoms with Gasteiger partial charge in [-0.3, -0.25) is 9.59 Å². The zero-order chi connectivity index (χ0) is 17.1. The van der Waals surface area contributed by atoms with E-state index >= 15 is 0 Å². The summed E-state index contributed by atoms with van der Waals surface area (Å²) in [4.78, 5) is 26.8. The average molecular weight is 347 g/mol. The minimum atomic E-state index is -0.320. The van der Waals surface area contributed by atoms with E-state index in [1.165, 1.54) is 30.4 Å². The summed E-state index contributed by atoms with van der Waals surface area (Å²) in [6, 6.07) is 9.50. The van der Waals surface area contributed by atoms with Gasteiger partial charge in [0.1, 0.15) is 17.7 Å². The van der Waals surface area contributed by atoms with Crippen LogP contribution in [0.4, 0.5) is 4.39 Å². The number of ether oxygens (including phenoxy) is 1. The second-order valence-electron chi connectivity index (χ2n) is 5.79. The number of benzene rings is 1. The molecule has 2 aromatic rings. The molecule has 1 aromatic heterocycles. The normalized spacial score (nSPS) is 15.3. The van der Waals surface area contributed by atoms with Gasteiger partial charge in [0, 0.05) is 32.0 Å². The Hall–Kier alpha value is -2.21. The highest BCUT2D eigenvalue weighted by Gasteiger charge is 2.25. The molecular formula is C18H18FNO3S. The Morgan fingerprint density at radius 1 is 1.17 bits per heavy atom. The maximum atomic E-state index is 13.2. The molecule has 0 aliphatic carbocycles. The molecule has 24 heavy (non-hydrogen) atoms. The maximum absolute atomic E-state index is 13.2. The van der Waals surface area contributed by atoms with Crippen LogP contribution in [0.1, 0.15) is 39.1 Å². The van der Waals surface area contributed by atoms with E-state index in [4.69, 9.17) is 4.74 Å². The van der Waals surface area contributed by atoms with Gasteiger partial charge in [-0.1, -0.05) is 6.07 Å². The van der Waals surface area contributed by atoms with Gasteiger partial charge in [0.2, 0.25) is 0 Å². The van der Waals surface area contributed by atoms with Crippen LogP contribution in [0.5, 0.6) is 5.75 Å². The van der Waals surface area contributed by atoms with E-state index in [-0.39, 0.29) is 23.6 Å². The first-order chi connectivity index (χ1) is 11.5. The molecule has 0 radical (unpaired) electrons. The number of piperidine rings is 1. The van der Waals surface area contributed by atoms with Gasteiger partial charge >= 0.3 is 0 Å². The number of Topliss-reactive ketones (excluding diaryl/α,β-unsaturated/α-hetero) is 1. The maximum Gasteiger partial charge on any atom is 0.263 e. The monoisotopic (exact) mass is 347 g/mol. The molecule has 126 valence electrons. The number of hydrogen-bond donors (Lipinski definition) is 0. The lowest BCUT2D eigenvalue weighted by Gasteiger charge is -2.32. The molecule has 0 unspecified atom stereocenters. The predicted molar refractivity (Wildman–Crippen MR) is 90.3 cm³/mol. The fraction of sp³-hybridized carbons (Fsp3) is 0.333. The molecule has 3 rings (SSSR count). The number of nitrogens with zero attached hydrogens (tertiary/aromatic N) is 1. The topological polar surface area (TPSA) is 46.6 Å². The number of carbonyl (C=O) groups excluding carboxylic acids is 2. The average Bonchev–Trinajstić information content (AvgIpc) is 3.05. The minimum absolute atomic E-state index is 0.0213. The molecule has 0 bridgehead atoms. The third-order valence-electron chi connectivity index (χ3n) is 3.99. The van der Waals surface area contributed by atoms with Gasteiger partial charge in [-0.25, -0.2) is 4.39 Å². The van der Waals surface area contributed by atoms with Gasteiger partial charge in [0.05, 0.1) is 9.75 Å². The minimum Gasteiger partial charge on any atom is -0.490 e. The van der Waals surface area contributed by atoms with Crippen molar-refractivity contribution in [3.8, 4) is 5.75 Å². The van der Waals surface area contributed by atoms with Crippen LogP contribution >= 0.6 is 11.3 Å². The van der Waals surface area contributed by atoms with E-state index < -0.39 is 0 Å². The Balaban J connectivity index is 1.56. The molecule has 2 heterocycles. The summed E-state index contributed by atoms with van der Waals surface area (Å²) in [7, 11) is 0. The standard InChI is InChI=1S/C18H18FNO3S/c1-12(21)16-5-6-17(24-16)18(22)20-9-7-14(8-10-20)23-15-4-2-3-13(19)11-15/h2-6,11,14H,7-10H2,1H3. The van der Waals surface area contributed by atoms with Crippen molar-refractivity contribution in [3.63, 3.8) is 0 Å². The van der Waals surface area contributed by atoms with E-state index in [9.17, 15) is 14.0 Å². The van der Waals surface area contributed by atoms with Gasteiger partial charge in [-0.2, -0.15) is 0 Å². The lowest BCUT2D eigenvalue weighted by Crippen LogP contribution is -2.41. The molecule has 1 aromatic carbocycles. The molecule has 0 atom stereocenters. The van der Waals surface area contributed by atoms with Crippen LogP contribution in [-0.4, -0.2) is 35.8 Å². The summed E-state index contributed by atoms with van der Waals surface area (Å²) in [5, 5.41) is 0. The first-order valence-corrected chi connectivity index (χ1v) is 8.67. The third-order valence-corrected chi connectivity index (χ3v) is 5.17. The number of hydrogen-bond acceptors (Lipinski definition) is 4. The Bertz CT molecular complexity index is 750. The number of amides is 1. The molecule has 4 nitrogen and oxygen atoms in total. The number of carbonyl (C=O) groups is 2. The van der Waals surface area contributed by atoms with Gasteiger partial charge in [-0.05, 0) is 31.2 Å². The van der Waals surface area contributed by atoms with Crippen LogP contribution < -0.4 is 4.74 Å². The Morgan fingerprint density at radius 2 is 1.88 bits per heavy atom. The lowest BCUT2D eigenvalue weighted by atomic mass is 10.1. The fourth-order valence-corrected chi connectivity index (χ4v) is 3.58. The third kappa shape index (κ3) is 3.82. The summed E-state index contributed by atoms with van der Waals surface area (Å²) in [6.07, 6.45) is 1.38. The van der Waals surface area contributed by atoms with Gasteiger partial charge in [0.15, 0.2) is 5.78 Å². The van der Waals surface area contributed by atoms with Crippen LogP contribution in [0.3, 0.4) is 0 Å². The molecule has 1 fully saturated rings. The summed E-state index contributed by atoms with van der Waals surface area (Å²) >= 11 is 1.23. The zero-order valence-electron chi connectivity index (χ0n) is 13.3. The van der Waals surface area contributed by atoms with Crippen molar-refractivity contribution >= 4 is 23.0 Å². The number of ketones is 1. The molecular weight excluding hydrogens is 329 g/mol. The summed E-state index contributed by atoms with van der Waals surface area (Å²) < 4.78 is 19.0. The number of halogens is 1. The molecule has 1 saturated heterocycles. The van der Waals surface area contributed by atoms with Crippen LogP contribution in [0, 0.1) is 5.82 Å². The van der Waals surface area contributed by atoms with Crippen molar-refractivity contribution < 1.29 is 18.7 Å². The van der Waals surface area contributed by atoms with E-state index in [2.05, 4.69) is 0 Å². The van der Waals surface area contributed by atoms with Crippen LogP contribution in [0.25, 0.3) is 0 Å². The van der Waals surface area contributed by atoms with Crippen molar-refractivity contribution in [1.29, 1.82) is 0 Å². The first kappa shape index (κ1) is 16.6. The summed E-state index contributed by atoms with van der Waals surface area (Å²) in [6.45, 7) is 2.67. The van der Waals surface area contributed by atoms with E-state index in [0.29, 0.717) is 41.4 Å². The molecule has 0 N–H and O–H groups in total. The number of thiophene rings is 1. The lowest BCUT2D eigenvalue weighted by molar-refractivity contribution is 0.0599. The van der Waals surface area contributed by atoms with Gasteiger partial charge in [-0.15, -0.1) is 11.3 Å². The van der Waals surface area contributed by atoms with Crippen LogP contribution in [-0.2, 0) is 0 Å². The quantitative estimate of drug-likeness (QED) is 0.791. The van der Waals surface area contributed by atoms with Crippen molar-refractivity contribution in [2.75, 3.05) is 13.1 Å². The second kappa shape index (κ2) is 7.13. The molecule has 0 spiro atoms. The smallest absolute Gasteiger partial charge is 0.263 e. The summed E-state index contributed by atoms with van der Waals surface area (Å²) in [5.74, 6) is 0.126. The van der Waals surface area contributed by atoms with E-state index in [1.54, 1.807) is 29.2 Å². The van der Waals surface area contributed by atoms with Crippen molar-refractivity contribution in [3.05, 3.63) is 52.0 Å². The van der Waals surface area contributed by atoms with Crippen molar-refractivity contribution in [2.45, 2.75) is 25.9 Å².